The van der Waals surface area contributed by atoms with Gasteiger partial charge in [-0.3, -0.25) is 14.4 Å². The molecule has 0 spiro atoms. The number of aliphatic hydroxyl groups excluding tert-OH is 1. The van der Waals surface area contributed by atoms with Crippen LogP contribution in [0.4, 0.5) is 0 Å². The molecule has 2 aromatic rings. The van der Waals surface area contributed by atoms with Gasteiger partial charge in [-0.2, -0.15) is 0 Å². The van der Waals surface area contributed by atoms with Gasteiger partial charge in [0.05, 0.1) is 12.1 Å². The normalized spacial score (nSPS) is 10.2. The minimum Gasteiger partial charge on any atom is -0.506 e. The number of benzene rings is 1. The lowest BCUT2D eigenvalue weighted by atomic mass is 10.1. The number of nitrogens with zero attached hydrogens (tertiary/aromatic N) is 1. The Bertz CT molecular complexity index is 940. The molecule has 1 aromatic carbocycles. The quantitative estimate of drug-likeness (QED) is 0.496. The molecule has 0 bridgehead atoms. The maximum atomic E-state index is 12.5. The van der Waals surface area contributed by atoms with Crippen LogP contribution in [0.3, 0.4) is 0 Å². The number of fused-ring (bicyclic) bond motifs is 1. The number of carboxylic acid groups (broad SMARTS) is 1. The maximum Gasteiger partial charge on any atom is 0.322 e. The number of rotatable bonds is 6. The number of hydrogen-bond donors (Lipinski definition) is 4. The second-order valence-corrected chi connectivity index (χ2v) is 4.89. The van der Waals surface area contributed by atoms with E-state index in [2.05, 4.69) is 5.92 Å². The van der Waals surface area contributed by atoms with Crippen LogP contribution in [0.5, 0.6) is 5.75 Å². The molecule has 1 heterocycles. The molecule has 9 nitrogen and oxygen atoms in total. The topological polar surface area (TPSA) is 138 Å². The number of amides is 1. The maximum absolute atomic E-state index is 12.5. The van der Waals surface area contributed by atoms with Crippen molar-refractivity contribution in [3.05, 3.63) is 39.7 Å². The summed E-state index contributed by atoms with van der Waals surface area (Å²) in [6, 6.07) is 4.28. The van der Waals surface area contributed by atoms with Gasteiger partial charge in [-0.15, -0.1) is 11.2 Å². The molecule has 0 saturated carbocycles. The molecule has 0 aliphatic heterocycles. The molecule has 4 N–H and O–H groups in total. The highest BCUT2D eigenvalue weighted by molar-refractivity contribution is 6.03. The summed E-state index contributed by atoms with van der Waals surface area (Å²) in [5.41, 5.74) is -1.15. The van der Waals surface area contributed by atoms with Crippen LogP contribution in [-0.4, -0.2) is 45.1 Å². The number of carbonyl (C=O) groups is 2. The predicted octanol–water partition coefficient (Wildman–Crippen LogP) is -0.924. The molecular formula is C16H14N2O7. The van der Waals surface area contributed by atoms with Crippen LogP contribution in [0.15, 0.2) is 23.0 Å². The van der Waals surface area contributed by atoms with Gasteiger partial charge in [-0.1, -0.05) is 12.0 Å². The summed E-state index contributed by atoms with van der Waals surface area (Å²) in [6.07, 6.45) is 5.11. The van der Waals surface area contributed by atoms with Crippen molar-refractivity contribution in [1.29, 1.82) is 0 Å². The summed E-state index contributed by atoms with van der Waals surface area (Å²) in [5.74, 6) is -0.886. The van der Waals surface area contributed by atoms with Crippen LogP contribution in [0.1, 0.15) is 15.9 Å². The van der Waals surface area contributed by atoms with E-state index < -0.39 is 35.3 Å². The molecule has 0 radical (unpaired) electrons. The number of aliphatic carboxylic acids is 1. The van der Waals surface area contributed by atoms with Crippen molar-refractivity contribution in [3.63, 3.8) is 0 Å². The van der Waals surface area contributed by atoms with E-state index in [0.717, 1.165) is 4.73 Å². The Morgan fingerprint density at radius 3 is 2.68 bits per heavy atom. The third kappa shape index (κ3) is 3.54. The Morgan fingerprint density at radius 2 is 2.08 bits per heavy atom. The van der Waals surface area contributed by atoms with Crippen LogP contribution in [0, 0.1) is 12.3 Å². The smallest absolute Gasteiger partial charge is 0.322 e. The van der Waals surface area contributed by atoms with Crippen molar-refractivity contribution in [2.45, 2.75) is 6.61 Å². The van der Waals surface area contributed by atoms with E-state index in [0.29, 0.717) is 5.56 Å². The van der Waals surface area contributed by atoms with Gasteiger partial charge in [-0.05, 0) is 17.7 Å². The zero-order chi connectivity index (χ0) is 18.6. The molecule has 2 rings (SSSR count). The van der Waals surface area contributed by atoms with Gasteiger partial charge in [0.2, 0.25) is 0 Å². The lowest BCUT2D eigenvalue weighted by Gasteiger charge is -2.14. The van der Waals surface area contributed by atoms with E-state index in [1.54, 1.807) is 0 Å². The standard InChI is InChI=1S/C16H14N2O7/c1-2-5-25-18-11-4-3-9(8-19)6-10(11)14(22)13(16(18)24)15(23)17-7-12(20)21/h1,3-4,6,19,22H,5,7-8H2,(H,17,23)(H,20,21). The van der Waals surface area contributed by atoms with Crippen LogP contribution in [0.25, 0.3) is 10.9 Å². The van der Waals surface area contributed by atoms with Gasteiger partial charge in [0.1, 0.15) is 12.3 Å². The number of carboxylic acids is 1. The number of aliphatic hydroxyl groups is 1. The summed E-state index contributed by atoms with van der Waals surface area (Å²) in [5, 5.41) is 30.2. The molecule has 0 unspecified atom stereocenters. The van der Waals surface area contributed by atoms with E-state index >= 15 is 0 Å². The summed E-state index contributed by atoms with van der Waals surface area (Å²) in [4.78, 5) is 40.3. The first-order valence-corrected chi connectivity index (χ1v) is 6.99. The van der Waals surface area contributed by atoms with Crippen molar-refractivity contribution < 1.29 is 29.7 Å². The van der Waals surface area contributed by atoms with Crippen LogP contribution >= 0.6 is 0 Å². The van der Waals surface area contributed by atoms with E-state index in [-0.39, 0.29) is 24.1 Å². The molecule has 0 fully saturated rings. The lowest BCUT2D eigenvalue weighted by Crippen LogP contribution is -2.37. The zero-order valence-electron chi connectivity index (χ0n) is 12.9. The molecule has 0 aliphatic rings. The molecule has 0 aliphatic carbocycles. The van der Waals surface area contributed by atoms with Gasteiger partial charge in [0.25, 0.3) is 11.5 Å². The number of terminal acetylenes is 1. The lowest BCUT2D eigenvalue weighted by molar-refractivity contribution is -0.135. The highest BCUT2D eigenvalue weighted by atomic mass is 16.7. The molecule has 25 heavy (non-hydrogen) atoms. The Labute approximate surface area is 141 Å². The van der Waals surface area contributed by atoms with Gasteiger partial charge in [-0.25, -0.2) is 0 Å². The second-order valence-electron chi connectivity index (χ2n) is 4.89. The van der Waals surface area contributed by atoms with Crippen molar-refractivity contribution in [2.75, 3.05) is 13.2 Å². The van der Waals surface area contributed by atoms with Crippen LogP contribution in [-0.2, 0) is 11.4 Å². The Kier molecular flexibility index (Phi) is 5.26. The summed E-state index contributed by atoms with van der Waals surface area (Å²) >= 11 is 0. The Balaban J connectivity index is 2.71. The summed E-state index contributed by atoms with van der Waals surface area (Å²) < 4.78 is 0.742. The minimum atomic E-state index is -1.32. The number of nitrogens with one attached hydrogen (secondary N) is 1. The van der Waals surface area contributed by atoms with Gasteiger partial charge in [0, 0.05) is 5.39 Å². The van der Waals surface area contributed by atoms with Crippen molar-refractivity contribution in [1.82, 2.24) is 10.0 Å². The molecule has 130 valence electrons. The first-order chi connectivity index (χ1) is 11.9. The first kappa shape index (κ1) is 17.8. The number of aromatic hydroxyl groups is 1. The summed E-state index contributed by atoms with van der Waals surface area (Å²) in [6.45, 7) is -1.35. The SMILES string of the molecule is C#CCOn1c(=O)c(C(=O)NCC(=O)O)c(O)c2cc(CO)ccc21. The van der Waals surface area contributed by atoms with Gasteiger partial charge in [0.15, 0.2) is 12.2 Å². The molecular weight excluding hydrogens is 332 g/mol. The second kappa shape index (κ2) is 7.37. The van der Waals surface area contributed by atoms with E-state index in [1.165, 1.54) is 18.2 Å². The zero-order valence-corrected chi connectivity index (χ0v) is 12.9. The average molecular weight is 346 g/mol. The molecule has 1 aromatic heterocycles. The fourth-order valence-corrected chi connectivity index (χ4v) is 2.17. The van der Waals surface area contributed by atoms with Gasteiger partial charge < -0.3 is 25.5 Å². The van der Waals surface area contributed by atoms with E-state index in [9.17, 15) is 24.6 Å². The van der Waals surface area contributed by atoms with Crippen LogP contribution < -0.4 is 15.7 Å². The molecule has 1 amide bonds. The van der Waals surface area contributed by atoms with E-state index in [1.807, 2.05) is 5.32 Å². The highest BCUT2D eigenvalue weighted by Gasteiger charge is 2.23. The number of pyridine rings is 1. The molecule has 0 saturated heterocycles. The first-order valence-electron chi connectivity index (χ1n) is 6.99. The fourth-order valence-electron chi connectivity index (χ4n) is 2.17. The highest BCUT2D eigenvalue weighted by Crippen LogP contribution is 2.27. The number of hydrogen-bond acceptors (Lipinski definition) is 6. The van der Waals surface area contributed by atoms with Crippen molar-refractivity contribution in [3.8, 4) is 18.1 Å². The minimum absolute atomic E-state index is 0.0589. The largest absolute Gasteiger partial charge is 0.506 e. The molecule has 9 heteroatoms. The Morgan fingerprint density at radius 1 is 1.36 bits per heavy atom. The third-order valence-corrected chi connectivity index (χ3v) is 3.26. The van der Waals surface area contributed by atoms with Crippen molar-refractivity contribution in [2.24, 2.45) is 0 Å². The Hall–Kier alpha value is -3.51. The molecule has 0 atom stereocenters. The van der Waals surface area contributed by atoms with Gasteiger partial charge >= 0.3 is 5.97 Å². The third-order valence-electron chi connectivity index (χ3n) is 3.26. The monoisotopic (exact) mass is 346 g/mol. The average Bonchev–Trinajstić information content (AvgIpc) is 2.59. The predicted molar refractivity (Wildman–Crippen MR) is 86.0 cm³/mol. The van der Waals surface area contributed by atoms with E-state index in [4.69, 9.17) is 16.4 Å². The fraction of sp³-hybridized carbons (Fsp3) is 0.188. The summed E-state index contributed by atoms with van der Waals surface area (Å²) in [7, 11) is 0. The van der Waals surface area contributed by atoms with Crippen molar-refractivity contribution >= 4 is 22.8 Å². The number of aromatic nitrogens is 1. The van der Waals surface area contributed by atoms with Crippen LogP contribution in [0.2, 0.25) is 0 Å². The number of carbonyl (C=O) groups excluding carboxylic acids is 1.